The van der Waals surface area contributed by atoms with Crippen molar-refractivity contribution in [1.29, 1.82) is 0 Å². The van der Waals surface area contributed by atoms with Gasteiger partial charge in [0, 0.05) is 39.5 Å². The molecule has 0 aliphatic carbocycles. The number of hydrogen-bond acceptors (Lipinski definition) is 4. The molecule has 0 atom stereocenters. The maximum atomic E-state index is 5.98. The Morgan fingerprint density at radius 3 is 2.06 bits per heavy atom. The van der Waals surface area contributed by atoms with Gasteiger partial charge in [-0.05, 0) is 39.7 Å². The molecule has 104 valence electrons. The highest BCUT2D eigenvalue weighted by Gasteiger charge is 2.11. The van der Waals surface area contributed by atoms with E-state index in [4.69, 9.17) is 15.2 Å². The van der Waals surface area contributed by atoms with Crippen LogP contribution in [-0.2, 0) is 9.47 Å². The normalized spacial score (nSPS) is 12.4. The summed E-state index contributed by atoms with van der Waals surface area (Å²) >= 11 is 0. The van der Waals surface area contributed by atoms with Gasteiger partial charge in [-0.25, -0.2) is 0 Å². The third-order valence-corrected chi connectivity index (χ3v) is 2.73. The molecule has 0 spiro atoms. The molecular formula is C13H30N2O2. The molecule has 0 fully saturated rings. The van der Waals surface area contributed by atoms with Crippen LogP contribution in [0.2, 0.25) is 0 Å². The van der Waals surface area contributed by atoms with Gasteiger partial charge in [-0.1, -0.05) is 0 Å². The van der Waals surface area contributed by atoms with Crippen LogP contribution < -0.4 is 5.73 Å². The number of nitrogens with zero attached hydrogens (tertiary/aromatic N) is 1. The second-order valence-electron chi connectivity index (χ2n) is 5.27. The average molecular weight is 246 g/mol. The van der Waals surface area contributed by atoms with Crippen LogP contribution in [0.5, 0.6) is 0 Å². The standard InChI is InChI=1S/C13H30N2O2/c1-13(2,14)7-5-8-15(10-12-17-4)9-6-11-16-3/h5-12,14H2,1-4H3. The minimum absolute atomic E-state index is 0.0561. The average Bonchev–Trinajstić information content (AvgIpc) is 2.23. The molecule has 0 radical (unpaired) electrons. The maximum absolute atomic E-state index is 5.98. The van der Waals surface area contributed by atoms with E-state index in [9.17, 15) is 0 Å². The summed E-state index contributed by atoms with van der Waals surface area (Å²) in [5.41, 5.74) is 5.92. The van der Waals surface area contributed by atoms with Gasteiger partial charge in [-0.15, -0.1) is 0 Å². The molecule has 2 N–H and O–H groups in total. The van der Waals surface area contributed by atoms with Crippen LogP contribution in [0.3, 0.4) is 0 Å². The van der Waals surface area contributed by atoms with Crippen LogP contribution in [0.4, 0.5) is 0 Å². The van der Waals surface area contributed by atoms with E-state index in [1.165, 1.54) is 0 Å². The number of nitrogens with two attached hydrogens (primary N) is 1. The molecule has 0 aliphatic rings. The highest BCUT2D eigenvalue weighted by molar-refractivity contribution is 4.72. The summed E-state index contributed by atoms with van der Waals surface area (Å²) < 4.78 is 10.2. The molecule has 0 aromatic carbocycles. The Morgan fingerprint density at radius 2 is 1.53 bits per heavy atom. The fourth-order valence-corrected chi connectivity index (χ4v) is 1.75. The smallest absolute Gasteiger partial charge is 0.0589 e. The first-order valence-electron chi connectivity index (χ1n) is 6.48. The molecule has 0 aromatic heterocycles. The predicted octanol–water partition coefficient (Wildman–Crippen LogP) is 1.49. The Balaban J connectivity index is 3.75. The Morgan fingerprint density at radius 1 is 0.941 bits per heavy atom. The van der Waals surface area contributed by atoms with E-state index in [0.717, 1.165) is 52.1 Å². The molecule has 0 amide bonds. The van der Waals surface area contributed by atoms with Gasteiger partial charge in [-0.2, -0.15) is 0 Å². The summed E-state index contributed by atoms with van der Waals surface area (Å²) in [6, 6.07) is 0. The SMILES string of the molecule is COCCCN(CCCC(C)(C)N)CCOC. The number of methoxy groups -OCH3 is 2. The molecule has 17 heavy (non-hydrogen) atoms. The first-order valence-corrected chi connectivity index (χ1v) is 6.48. The van der Waals surface area contributed by atoms with Crippen LogP contribution in [-0.4, -0.2) is 57.5 Å². The van der Waals surface area contributed by atoms with Crippen LogP contribution in [0, 0.1) is 0 Å². The number of hydrogen-bond donors (Lipinski definition) is 1. The fraction of sp³-hybridized carbons (Fsp3) is 1.00. The fourth-order valence-electron chi connectivity index (χ4n) is 1.75. The van der Waals surface area contributed by atoms with Gasteiger partial charge in [0.05, 0.1) is 6.61 Å². The van der Waals surface area contributed by atoms with Crippen molar-refractivity contribution in [2.45, 2.75) is 38.6 Å². The van der Waals surface area contributed by atoms with Crippen molar-refractivity contribution in [3.05, 3.63) is 0 Å². The topological polar surface area (TPSA) is 47.7 Å². The summed E-state index contributed by atoms with van der Waals surface area (Å²) in [5.74, 6) is 0. The summed E-state index contributed by atoms with van der Waals surface area (Å²) in [5, 5.41) is 0. The zero-order valence-electron chi connectivity index (χ0n) is 12.0. The second-order valence-corrected chi connectivity index (χ2v) is 5.27. The van der Waals surface area contributed by atoms with Gasteiger partial charge < -0.3 is 20.1 Å². The van der Waals surface area contributed by atoms with E-state index < -0.39 is 0 Å². The Hall–Kier alpha value is -0.160. The highest BCUT2D eigenvalue weighted by atomic mass is 16.5. The molecule has 0 rings (SSSR count). The molecule has 4 nitrogen and oxygen atoms in total. The Kier molecular flexibility index (Phi) is 9.74. The van der Waals surface area contributed by atoms with Crippen LogP contribution in [0.1, 0.15) is 33.1 Å². The van der Waals surface area contributed by atoms with Crippen molar-refractivity contribution in [3.63, 3.8) is 0 Å². The third kappa shape index (κ3) is 12.1. The first kappa shape index (κ1) is 16.8. The first-order chi connectivity index (χ1) is 7.99. The lowest BCUT2D eigenvalue weighted by Gasteiger charge is -2.24. The zero-order valence-corrected chi connectivity index (χ0v) is 12.0. The van der Waals surface area contributed by atoms with Crippen molar-refractivity contribution in [2.75, 3.05) is 47.1 Å². The molecule has 0 saturated heterocycles. The van der Waals surface area contributed by atoms with Crippen molar-refractivity contribution in [1.82, 2.24) is 4.90 Å². The molecule has 0 aliphatic heterocycles. The van der Waals surface area contributed by atoms with Crippen molar-refractivity contribution < 1.29 is 9.47 Å². The van der Waals surface area contributed by atoms with E-state index in [-0.39, 0.29) is 5.54 Å². The summed E-state index contributed by atoms with van der Waals surface area (Å²) in [7, 11) is 3.49. The van der Waals surface area contributed by atoms with Crippen LogP contribution >= 0.6 is 0 Å². The van der Waals surface area contributed by atoms with Gasteiger partial charge in [0.1, 0.15) is 0 Å². The van der Waals surface area contributed by atoms with Gasteiger partial charge in [-0.3, -0.25) is 0 Å². The van der Waals surface area contributed by atoms with Gasteiger partial charge >= 0.3 is 0 Å². The van der Waals surface area contributed by atoms with Crippen molar-refractivity contribution in [3.8, 4) is 0 Å². The molecular weight excluding hydrogens is 216 g/mol. The second kappa shape index (κ2) is 9.83. The highest BCUT2D eigenvalue weighted by Crippen LogP contribution is 2.08. The molecule has 0 aromatic rings. The lowest BCUT2D eigenvalue weighted by atomic mass is 10.00. The van der Waals surface area contributed by atoms with Crippen LogP contribution in [0.25, 0.3) is 0 Å². The quantitative estimate of drug-likeness (QED) is 0.561. The summed E-state index contributed by atoms with van der Waals surface area (Å²) in [4.78, 5) is 2.42. The van der Waals surface area contributed by atoms with E-state index in [1.807, 2.05) is 0 Å². The summed E-state index contributed by atoms with van der Waals surface area (Å²) in [6.07, 6.45) is 3.27. The van der Waals surface area contributed by atoms with Gasteiger partial charge in [0.25, 0.3) is 0 Å². The van der Waals surface area contributed by atoms with Gasteiger partial charge in [0.15, 0.2) is 0 Å². The van der Waals surface area contributed by atoms with Crippen LogP contribution in [0.15, 0.2) is 0 Å². The largest absolute Gasteiger partial charge is 0.385 e. The van der Waals surface area contributed by atoms with E-state index in [2.05, 4.69) is 18.7 Å². The van der Waals surface area contributed by atoms with E-state index in [1.54, 1.807) is 14.2 Å². The van der Waals surface area contributed by atoms with Gasteiger partial charge in [0.2, 0.25) is 0 Å². The monoisotopic (exact) mass is 246 g/mol. The maximum Gasteiger partial charge on any atom is 0.0589 e. The lowest BCUT2D eigenvalue weighted by Crippen LogP contribution is -2.35. The minimum atomic E-state index is -0.0561. The molecule has 0 unspecified atom stereocenters. The van der Waals surface area contributed by atoms with Crippen molar-refractivity contribution >= 4 is 0 Å². The Bertz CT molecular complexity index is 169. The van der Waals surface area contributed by atoms with Crippen molar-refractivity contribution in [2.24, 2.45) is 5.73 Å². The zero-order chi connectivity index (χ0) is 13.1. The molecule has 4 heteroatoms. The summed E-state index contributed by atoms with van der Waals surface area (Å²) in [6.45, 7) is 8.93. The van der Waals surface area contributed by atoms with E-state index >= 15 is 0 Å². The lowest BCUT2D eigenvalue weighted by molar-refractivity contribution is 0.130. The Labute approximate surface area is 106 Å². The number of ether oxygens (including phenoxy) is 2. The third-order valence-electron chi connectivity index (χ3n) is 2.73. The molecule has 0 heterocycles. The predicted molar refractivity (Wildman–Crippen MR) is 72.3 cm³/mol. The molecule has 0 saturated carbocycles. The minimum Gasteiger partial charge on any atom is -0.385 e. The number of rotatable bonds is 11. The molecule has 0 bridgehead atoms. The van der Waals surface area contributed by atoms with E-state index in [0.29, 0.717) is 0 Å².